The lowest BCUT2D eigenvalue weighted by atomic mass is 9.95. The molecule has 0 saturated heterocycles. The average Bonchev–Trinajstić information content (AvgIpc) is 2.46. The Kier molecular flexibility index (Phi) is 7.79. The van der Waals surface area contributed by atoms with Gasteiger partial charge in [0.05, 0.1) is 0 Å². The summed E-state index contributed by atoms with van der Waals surface area (Å²) in [4.78, 5) is 23.9. The first-order chi connectivity index (χ1) is 10.8. The predicted molar refractivity (Wildman–Crippen MR) is 96.5 cm³/mol. The predicted octanol–water partition coefficient (Wildman–Crippen LogP) is 4.97. The van der Waals surface area contributed by atoms with Crippen LogP contribution in [0, 0.1) is 5.41 Å². The van der Waals surface area contributed by atoms with E-state index in [0.29, 0.717) is 12.1 Å². The second-order valence-electron chi connectivity index (χ2n) is 7.00. The number of hydrogen-bond acceptors (Lipinski definition) is 2. The van der Waals surface area contributed by atoms with E-state index in [0.717, 1.165) is 18.5 Å². The number of rotatable bonds is 8. The topological polar surface area (TPSA) is 58.2 Å². The molecule has 0 fully saturated rings. The normalized spacial score (nSPS) is 11.1. The van der Waals surface area contributed by atoms with Gasteiger partial charge < -0.3 is 10.6 Å². The molecule has 0 spiro atoms. The molecule has 1 aromatic rings. The number of amides is 2. The molecule has 4 nitrogen and oxygen atoms in total. The van der Waals surface area contributed by atoms with Gasteiger partial charge >= 0.3 is 0 Å². The molecule has 0 heterocycles. The van der Waals surface area contributed by atoms with Gasteiger partial charge in [-0.1, -0.05) is 59.4 Å². The van der Waals surface area contributed by atoms with Crippen LogP contribution in [0.25, 0.3) is 0 Å². The standard InChI is InChI=1S/C19H30N2O2/c1-5-6-7-8-9-13-17(22)20-15-11-10-12-16(14-15)21-18(23)19(2,3)4/h10-12,14H,5-9,13H2,1-4H3,(H,20,22)(H,21,23). The number of hydrogen-bond donors (Lipinski definition) is 2. The second kappa shape index (κ2) is 9.33. The molecule has 0 aliphatic heterocycles. The number of unbranched alkanes of at least 4 members (excludes halogenated alkanes) is 4. The highest BCUT2D eigenvalue weighted by Crippen LogP contribution is 2.20. The number of anilines is 2. The van der Waals surface area contributed by atoms with Gasteiger partial charge in [-0.25, -0.2) is 0 Å². The average molecular weight is 318 g/mol. The molecule has 4 heteroatoms. The largest absolute Gasteiger partial charge is 0.326 e. The second-order valence-corrected chi connectivity index (χ2v) is 7.00. The van der Waals surface area contributed by atoms with E-state index in [2.05, 4.69) is 17.6 Å². The molecule has 0 aliphatic rings. The van der Waals surface area contributed by atoms with Crippen LogP contribution in [0.3, 0.4) is 0 Å². The molecular weight excluding hydrogens is 288 g/mol. The molecule has 0 unspecified atom stereocenters. The molecule has 0 saturated carbocycles. The first-order valence-electron chi connectivity index (χ1n) is 8.54. The highest BCUT2D eigenvalue weighted by molar-refractivity contribution is 5.96. The fourth-order valence-electron chi connectivity index (χ4n) is 2.11. The maximum atomic E-state index is 12.0. The fourth-order valence-corrected chi connectivity index (χ4v) is 2.11. The third kappa shape index (κ3) is 7.82. The van der Waals surface area contributed by atoms with Gasteiger partial charge in [0, 0.05) is 23.2 Å². The summed E-state index contributed by atoms with van der Waals surface area (Å²) in [5, 5.41) is 5.77. The van der Waals surface area contributed by atoms with Gasteiger partial charge in [0.25, 0.3) is 0 Å². The van der Waals surface area contributed by atoms with Crippen LogP contribution in [-0.2, 0) is 9.59 Å². The molecule has 1 aromatic carbocycles. The molecule has 2 amide bonds. The van der Waals surface area contributed by atoms with Crippen LogP contribution in [0.4, 0.5) is 11.4 Å². The van der Waals surface area contributed by atoms with Crippen LogP contribution in [0.2, 0.25) is 0 Å². The first kappa shape index (κ1) is 19.2. The van der Waals surface area contributed by atoms with Gasteiger partial charge in [0.1, 0.15) is 0 Å². The van der Waals surface area contributed by atoms with Crippen LogP contribution >= 0.6 is 0 Å². The van der Waals surface area contributed by atoms with Crippen molar-refractivity contribution in [2.45, 2.75) is 66.2 Å². The molecule has 0 bridgehead atoms. The first-order valence-corrected chi connectivity index (χ1v) is 8.54. The molecule has 128 valence electrons. The summed E-state index contributed by atoms with van der Waals surface area (Å²) in [5.74, 6) is -0.0160. The Hall–Kier alpha value is -1.84. The van der Waals surface area contributed by atoms with E-state index >= 15 is 0 Å². The monoisotopic (exact) mass is 318 g/mol. The third-order valence-corrected chi connectivity index (χ3v) is 3.59. The zero-order valence-corrected chi connectivity index (χ0v) is 14.9. The van der Waals surface area contributed by atoms with Crippen molar-refractivity contribution in [2.24, 2.45) is 5.41 Å². The highest BCUT2D eigenvalue weighted by Gasteiger charge is 2.21. The number of benzene rings is 1. The number of carbonyl (C=O) groups is 2. The quantitative estimate of drug-likeness (QED) is 0.665. The van der Waals surface area contributed by atoms with E-state index in [4.69, 9.17) is 0 Å². The van der Waals surface area contributed by atoms with Crippen molar-refractivity contribution in [3.8, 4) is 0 Å². The lowest BCUT2D eigenvalue weighted by molar-refractivity contribution is -0.123. The van der Waals surface area contributed by atoms with Crippen LogP contribution < -0.4 is 10.6 Å². The summed E-state index contributed by atoms with van der Waals surface area (Å²) >= 11 is 0. The Morgan fingerprint density at radius 1 is 0.957 bits per heavy atom. The highest BCUT2D eigenvalue weighted by atomic mass is 16.2. The van der Waals surface area contributed by atoms with Crippen molar-refractivity contribution in [3.05, 3.63) is 24.3 Å². The van der Waals surface area contributed by atoms with Crippen molar-refractivity contribution >= 4 is 23.2 Å². The lowest BCUT2D eigenvalue weighted by Crippen LogP contribution is -2.27. The van der Waals surface area contributed by atoms with E-state index in [1.54, 1.807) is 6.07 Å². The van der Waals surface area contributed by atoms with Crippen LogP contribution in [0.15, 0.2) is 24.3 Å². The molecule has 2 N–H and O–H groups in total. The Balaban J connectivity index is 2.47. The zero-order valence-electron chi connectivity index (χ0n) is 14.9. The van der Waals surface area contributed by atoms with Crippen molar-refractivity contribution in [3.63, 3.8) is 0 Å². The van der Waals surface area contributed by atoms with Crippen LogP contribution in [0.5, 0.6) is 0 Å². The Morgan fingerprint density at radius 3 is 2.17 bits per heavy atom. The summed E-state index contributed by atoms with van der Waals surface area (Å²) in [5.41, 5.74) is 0.971. The van der Waals surface area contributed by atoms with Crippen molar-refractivity contribution in [2.75, 3.05) is 10.6 Å². The zero-order chi connectivity index (χ0) is 17.3. The Bertz CT molecular complexity index is 518. The van der Waals surface area contributed by atoms with E-state index in [1.165, 1.54) is 19.3 Å². The van der Waals surface area contributed by atoms with Gasteiger partial charge in [-0.15, -0.1) is 0 Å². The molecule has 0 aromatic heterocycles. The summed E-state index contributed by atoms with van der Waals surface area (Å²) in [6.45, 7) is 7.78. The summed E-state index contributed by atoms with van der Waals surface area (Å²) in [6.07, 6.45) is 6.20. The molecule has 0 aliphatic carbocycles. The number of carbonyl (C=O) groups excluding carboxylic acids is 2. The Morgan fingerprint density at radius 2 is 1.57 bits per heavy atom. The van der Waals surface area contributed by atoms with Crippen LogP contribution in [0.1, 0.15) is 66.2 Å². The van der Waals surface area contributed by atoms with Gasteiger partial charge in [0.15, 0.2) is 0 Å². The molecule has 23 heavy (non-hydrogen) atoms. The minimum atomic E-state index is -0.447. The van der Waals surface area contributed by atoms with Crippen molar-refractivity contribution in [1.82, 2.24) is 0 Å². The summed E-state index contributed by atoms with van der Waals surface area (Å²) in [7, 11) is 0. The molecule has 1 rings (SSSR count). The van der Waals surface area contributed by atoms with Gasteiger partial charge in [-0.2, -0.15) is 0 Å². The maximum Gasteiger partial charge on any atom is 0.229 e. The maximum absolute atomic E-state index is 12.0. The van der Waals surface area contributed by atoms with Crippen molar-refractivity contribution < 1.29 is 9.59 Å². The lowest BCUT2D eigenvalue weighted by Gasteiger charge is -2.18. The fraction of sp³-hybridized carbons (Fsp3) is 0.579. The van der Waals surface area contributed by atoms with E-state index < -0.39 is 5.41 Å². The molecular formula is C19H30N2O2. The van der Waals surface area contributed by atoms with E-state index in [1.807, 2.05) is 39.0 Å². The Labute approximate surface area is 140 Å². The SMILES string of the molecule is CCCCCCCC(=O)Nc1cccc(NC(=O)C(C)(C)C)c1. The summed E-state index contributed by atoms with van der Waals surface area (Å²) < 4.78 is 0. The minimum Gasteiger partial charge on any atom is -0.326 e. The van der Waals surface area contributed by atoms with E-state index in [9.17, 15) is 9.59 Å². The molecule has 0 radical (unpaired) electrons. The van der Waals surface area contributed by atoms with E-state index in [-0.39, 0.29) is 11.8 Å². The van der Waals surface area contributed by atoms with Gasteiger partial charge in [-0.3, -0.25) is 9.59 Å². The molecule has 0 atom stereocenters. The van der Waals surface area contributed by atoms with Gasteiger partial charge in [-0.05, 0) is 24.6 Å². The number of nitrogens with one attached hydrogen (secondary N) is 2. The van der Waals surface area contributed by atoms with Crippen molar-refractivity contribution in [1.29, 1.82) is 0 Å². The summed E-state index contributed by atoms with van der Waals surface area (Å²) in [6, 6.07) is 7.28. The smallest absolute Gasteiger partial charge is 0.229 e. The minimum absolute atomic E-state index is 0.0285. The van der Waals surface area contributed by atoms with Crippen LogP contribution in [-0.4, -0.2) is 11.8 Å². The van der Waals surface area contributed by atoms with Gasteiger partial charge in [0.2, 0.25) is 11.8 Å². The third-order valence-electron chi connectivity index (χ3n) is 3.59.